The second-order valence-electron chi connectivity index (χ2n) is 6.71. The van der Waals surface area contributed by atoms with Crippen LogP contribution < -0.4 is 5.73 Å². The number of carbonyl (C=O) groups is 2. The van der Waals surface area contributed by atoms with Crippen molar-refractivity contribution in [2.75, 3.05) is 26.8 Å². The number of hydrogen-bond donors (Lipinski definition) is 1. The molecule has 2 N–H and O–H groups in total. The Bertz CT molecular complexity index is 801. The quantitative estimate of drug-likeness (QED) is 0.899. The molecule has 0 bridgehead atoms. The third-order valence-corrected chi connectivity index (χ3v) is 4.82. The zero-order chi connectivity index (χ0) is 18.5. The molecule has 0 saturated carbocycles. The Morgan fingerprint density at radius 3 is 2.77 bits per heavy atom. The van der Waals surface area contributed by atoms with Crippen LogP contribution in [0.1, 0.15) is 33.6 Å². The van der Waals surface area contributed by atoms with Gasteiger partial charge in [-0.2, -0.15) is 0 Å². The molecule has 2 aromatic rings. The molecule has 5 nitrogen and oxygen atoms in total. The zero-order valence-electron chi connectivity index (χ0n) is 15.0. The maximum Gasteiger partial charge on any atom is 0.253 e. The summed E-state index contributed by atoms with van der Waals surface area (Å²) < 4.78 is 5.25. The number of benzene rings is 2. The average molecular weight is 352 g/mol. The summed E-state index contributed by atoms with van der Waals surface area (Å²) in [5.41, 5.74) is 8.12. The van der Waals surface area contributed by atoms with Crippen molar-refractivity contribution in [3.8, 4) is 11.1 Å². The van der Waals surface area contributed by atoms with E-state index in [1.54, 1.807) is 19.2 Å². The molecule has 1 atom stereocenters. The number of amides is 2. The molecular weight excluding hydrogens is 328 g/mol. The van der Waals surface area contributed by atoms with Gasteiger partial charge in [-0.25, -0.2) is 0 Å². The Balaban J connectivity index is 1.86. The molecule has 1 heterocycles. The second kappa shape index (κ2) is 8.15. The second-order valence-corrected chi connectivity index (χ2v) is 6.71. The van der Waals surface area contributed by atoms with E-state index in [-0.39, 0.29) is 5.91 Å². The molecule has 136 valence electrons. The van der Waals surface area contributed by atoms with Crippen LogP contribution in [0.25, 0.3) is 11.1 Å². The van der Waals surface area contributed by atoms with Crippen molar-refractivity contribution in [1.82, 2.24) is 4.90 Å². The van der Waals surface area contributed by atoms with Gasteiger partial charge in [0.15, 0.2) is 0 Å². The monoisotopic (exact) mass is 352 g/mol. The van der Waals surface area contributed by atoms with Crippen molar-refractivity contribution >= 4 is 11.8 Å². The smallest absolute Gasteiger partial charge is 0.253 e. The van der Waals surface area contributed by atoms with E-state index in [9.17, 15) is 9.59 Å². The summed E-state index contributed by atoms with van der Waals surface area (Å²) in [6.45, 7) is 2.16. The maximum atomic E-state index is 12.9. The molecule has 26 heavy (non-hydrogen) atoms. The van der Waals surface area contributed by atoms with Gasteiger partial charge in [0, 0.05) is 31.3 Å². The molecule has 0 aliphatic carbocycles. The van der Waals surface area contributed by atoms with Gasteiger partial charge in [0.25, 0.3) is 5.91 Å². The molecule has 0 radical (unpaired) electrons. The summed E-state index contributed by atoms with van der Waals surface area (Å²) in [5.74, 6) is -0.0727. The van der Waals surface area contributed by atoms with Gasteiger partial charge in [-0.3, -0.25) is 9.59 Å². The normalized spacial score (nSPS) is 17.1. The largest absolute Gasteiger partial charge is 0.384 e. The third kappa shape index (κ3) is 3.94. The van der Waals surface area contributed by atoms with Crippen LogP contribution in [-0.4, -0.2) is 43.5 Å². The molecule has 1 saturated heterocycles. The number of hydrogen-bond acceptors (Lipinski definition) is 3. The molecule has 3 rings (SSSR count). The minimum absolute atomic E-state index is 0.0178. The van der Waals surface area contributed by atoms with E-state index >= 15 is 0 Å². The summed E-state index contributed by atoms with van der Waals surface area (Å²) in [6, 6.07) is 14.6. The van der Waals surface area contributed by atoms with Gasteiger partial charge in [-0.15, -0.1) is 0 Å². The highest BCUT2D eigenvalue weighted by Crippen LogP contribution is 2.26. The number of rotatable bonds is 5. The molecule has 2 amide bonds. The van der Waals surface area contributed by atoms with Crippen molar-refractivity contribution in [3.05, 3.63) is 59.7 Å². The first-order valence-corrected chi connectivity index (χ1v) is 8.87. The molecule has 2 aromatic carbocycles. The fourth-order valence-corrected chi connectivity index (χ4v) is 3.57. The number of nitrogens with two attached hydrogens (primary N) is 1. The minimum Gasteiger partial charge on any atom is -0.384 e. The lowest BCUT2D eigenvalue weighted by Crippen LogP contribution is -2.41. The number of nitrogens with zero attached hydrogens (tertiary/aromatic N) is 1. The van der Waals surface area contributed by atoms with Crippen LogP contribution in [0.4, 0.5) is 0 Å². The van der Waals surface area contributed by atoms with E-state index < -0.39 is 5.91 Å². The Labute approximate surface area is 153 Å². The number of primary amides is 1. The summed E-state index contributed by atoms with van der Waals surface area (Å²) in [5, 5.41) is 0. The summed E-state index contributed by atoms with van der Waals surface area (Å²) in [7, 11) is 1.69. The molecule has 5 heteroatoms. The zero-order valence-corrected chi connectivity index (χ0v) is 15.0. The Morgan fingerprint density at radius 1 is 1.19 bits per heavy atom. The average Bonchev–Trinajstić information content (AvgIpc) is 2.68. The Hall–Kier alpha value is -2.66. The maximum absolute atomic E-state index is 12.9. The predicted octanol–water partition coefficient (Wildman–Crippen LogP) is 2.95. The molecule has 1 aliphatic heterocycles. The fourth-order valence-electron chi connectivity index (χ4n) is 3.57. The number of ether oxygens (including phenoxy) is 1. The molecule has 0 aromatic heterocycles. The molecule has 0 spiro atoms. The summed E-state index contributed by atoms with van der Waals surface area (Å²) in [4.78, 5) is 26.5. The van der Waals surface area contributed by atoms with Gasteiger partial charge < -0.3 is 15.4 Å². The van der Waals surface area contributed by atoms with Crippen LogP contribution in [0.3, 0.4) is 0 Å². The van der Waals surface area contributed by atoms with Crippen LogP contribution in [0, 0.1) is 5.92 Å². The van der Waals surface area contributed by atoms with Gasteiger partial charge in [-0.05, 0) is 48.1 Å². The summed E-state index contributed by atoms with van der Waals surface area (Å²) in [6.07, 6.45) is 2.08. The van der Waals surface area contributed by atoms with E-state index in [2.05, 4.69) is 0 Å². The van der Waals surface area contributed by atoms with E-state index in [1.165, 1.54) is 0 Å². The van der Waals surface area contributed by atoms with E-state index in [4.69, 9.17) is 10.5 Å². The molecule has 1 aliphatic rings. The van der Waals surface area contributed by atoms with E-state index in [0.717, 1.165) is 37.1 Å². The topological polar surface area (TPSA) is 72.6 Å². The first-order valence-electron chi connectivity index (χ1n) is 8.87. The van der Waals surface area contributed by atoms with Gasteiger partial charge in [0.2, 0.25) is 5.91 Å². The van der Waals surface area contributed by atoms with Gasteiger partial charge in [-0.1, -0.05) is 30.3 Å². The van der Waals surface area contributed by atoms with Crippen LogP contribution in [-0.2, 0) is 4.74 Å². The Kier molecular flexibility index (Phi) is 5.68. The highest BCUT2D eigenvalue weighted by atomic mass is 16.5. The van der Waals surface area contributed by atoms with E-state index in [0.29, 0.717) is 23.7 Å². The molecule has 1 fully saturated rings. The van der Waals surface area contributed by atoms with Crippen LogP contribution in [0.15, 0.2) is 48.5 Å². The minimum atomic E-state index is -0.476. The first kappa shape index (κ1) is 18.1. The lowest BCUT2D eigenvalue weighted by atomic mass is 9.96. The number of carbonyl (C=O) groups excluding carboxylic acids is 2. The van der Waals surface area contributed by atoms with Crippen molar-refractivity contribution < 1.29 is 14.3 Å². The van der Waals surface area contributed by atoms with E-state index in [1.807, 2.05) is 41.3 Å². The third-order valence-electron chi connectivity index (χ3n) is 4.82. The molecule has 0 unspecified atom stereocenters. The SMILES string of the molecule is COC[C@@H]1CCCN(C(=O)c2cccc(-c3ccccc3C(N)=O)c2)C1. The fraction of sp³-hybridized carbons (Fsp3) is 0.333. The van der Waals surface area contributed by atoms with Crippen molar-refractivity contribution in [2.24, 2.45) is 11.7 Å². The predicted molar refractivity (Wildman–Crippen MR) is 101 cm³/mol. The number of piperidine rings is 1. The lowest BCUT2D eigenvalue weighted by Gasteiger charge is -2.32. The highest BCUT2D eigenvalue weighted by Gasteiger charge is 2.24. The number of likely N-dealkylation sites (tertiary alicyclic amines) is 1. The molecular formula is C21H24N2O3. The first-order chi connectivity index (χ1) is 12.6. The van der Waals surface area contributed by atoms with Crippen LogP contribution in [0.2, 0.25) is 0 Å². The van der Waals surface area contributed by atoms with Crippen molar-refractivity contribution in [2.45, 2.75) is 12.8 Å². The van der Waals surface area contributed by atoms with Crippen LogP contribution in [0.5, 0.6) is 0 Å². The van der Waals surface area contributed by atoms with Crippen molar-refractivity contribution in [1.29, 1.82) is 0 Å². The van der Waals surface area contributed by atoms with Crippen LogP contribution >= 0.6 is 0 Å². The summed E-state index contributed by atoms with van der Waals surface area (Å²) >= 11 is 0. The highest BCUT2D eigenvalue weighted by molar-refractivity contribution is 6.01. The van der Waals surface area contributed by atoms with Gasteiger partial charge in [0.1, 0.15) is 0 Å². The Morgan fingerprint density at radius 2 is 2.00 bits per heavy atom. The van der Waals surface area contributed by atoms with Crippen molar-refractivity contribution in [3.63, 3.8) is 0 Å². The van der Waals surface area contributed by atoms with Gasteiger partial charge in [0.05, 0.1) is 6.61 Å². The number of methoxy groups -OCH3 is 1. The van der Waals surface area contributed by atoms with Gasteiger partial charge >= 0.3 is 0 Å². The lowest BCUT2D eigenvalue weighted by molar-refractivity contribution is 0.0571. The standard InChI is InChI=1S/C21H24N2O3/c1-26-14-15-6-5-11-23(13-15)21(25)17-8-4-7-16(12-17)18-9-2-3-10-19(18)20(22)24/h2-4,7-10,12,15H,5-6,11,13-14H2,1H3,(H2,22,24)/t15-/m1/s1.